The fourth-order valence-corrected chi connectivity index (χ4v) is 3.22. The molecule has 27 heavy (non-hydrogen) atoms. The van der Waals surface area contributed by atoms with Crippen LogP contribution < -0.4 is 11.1 Å². The van der Waals surface area contributed by atoms with E-state index in [0.29, 0.717) is 25.3 Å². The van der Waals surface area contributed by atoms with E-state index in [-0.39, 0.29) is 18.1 Å². The quantitative estimate of drug-likeness (QED) is 0.764. The Bertz CT molecular complexity index is 820. The number of fused-ring (bicyclic) bond motifs is 1. The average molecular weight is 368 g/mol. The van der Waals surface area contributed by atoms with Gasteiger partial charge in [0, 0.05) is 24.5 Å². The van der Waals surface area contributed by atoms with Crippen molar-refractivity contribution in [3.05, 3.63) is 65.0 Å². The highest BCUT2D eigenvalue weighted by Gasteiger charge is 2.33. The Hall–Kier alpha value is -2.93. The van der Waals surface area contributed by atoms with Crippen LogP contribution in [0.4, 0.5) is 4.79 Å². The second-order valence-electron chi connectivity index (χ2n) is 6.74. The summed E-state index contributed by atoms with van der Waals surface area (Å²) in [5, 5.41) is 2.83. The third kappa shape index (κ3) is 4.25. The van der Waals surface area contributed by atoms with Crippen LogP contribution >= 0.6 is 0 Å². The van der Waals surface area contributed by atoms with E-state index in [0.717, 1.165) is 16.7 Å². The van der Waals surface area contributed by atoms with Crippen LogP contribution in [0.2, 0.25) is 0 Å². The zero-order valence-corrected chi connectivity index (χ0v) is 15.5. The van der Waals surface area contributed by atoms with Gasteiger partial charge in [0.05, 0.1) is 25.3 Å². The number of carbonyl (C=O) groups excluding carboxylic acids is 2. The number of hydrogen-bond acceptors (Lipinski definition) is 4. The molecule has 7 nitrogen and oxygen atoms in total. The molecule has 0 fully saturated rings. The maximum Gasteiger partial charge on any atom is 0.315 e. The van der Waals surface area contributed by atoms with E-state index in [1.165, 1.54) is 0 Å². The number of urea groups is 1. The molecule has 1 aliphatic rings. The van der Waals surface area contributed by atoms with Crippen molar-refractivity contribution in [2.45, 2.75) is 32.5 Å². The Morgan fingerprint density at radius 1 is 1.30 bits per heavy atom. The van der Waals surface area contributed by atoms with Crippen LogP contribution in [-0.4, -0.2) is 41.1 Å². The summed E-state index contributed by atoms with van der Waals surface area (Å²) in [6, 6.07) is 8.38. The van der Waals surface area contributed by atoms with Crippen LogP contribution in [0.25, 0.3) is 0 Å². The van der Waals surface area contributed by atoms with Gasteiger partial charge in [-0.1, -0.05) is 12.1 Å². The van der Waals surface area contributed by atoms with E-state index in [4.69, 9.17) is 10.5 Å². The molecule has 1 atom stereocenters. The number of nitrogens with one attached hydrogen (secondary N) is 1. The summed E-state index contributed by atoms with van der Waals surface area (Å²) in [5.74, 6) is -0.156. The van der Waals surface area contributed by atoms with Crippen molar-refractivity contribution >= 4 is 11.9 Å². The molecule has 1 aromatic carbocycles. The number of nitrogens with zero attached hydrogens (tertiary/aromatic N) is 2. The summed E-state index contributed by atoms with van der Waals surface area (Å²) in [7, 11) is 0. The molecule has 7 heteroatoms. The van der Waals surface area contributed by atoms with Gasteiger partial charge < -0.3 is 20.7 Å². The maximum absolute atomic E-state index is 12.2. The number of primary amides is 1. The first-order valence-corrected chi connectivity index (χ1v) is 8.96. The summed E-state index contributed by atoms with van der Waals surface area (Å²) < 4.78 is 5.41. The topological polar surface area (TPSA) is 97.6 Å². The standard InChI is InChI=1S/C20H24N4O3/c1-13(2)27-10-9-23-19(25)15-5-3-14(4-6-15)18-17-7-8-22-11-16(17)12-24(18)20(21)26/h3-8,11,13,18H,9-10,12H2,1-2H3,(H2,21,26)(H,23,25). The first-order chi connectivity index (χ1) is 13.0. The van der Waals surface area contributed by atoms with Crippen molar-refractivity contribution in [3.63, 3.8) is 0 Å². The van der Waals surface area contributed by atoms with Gasteiger partial charge in [-0.25, -0.2) is 4.79 Å². The molecule has 0 saturated carbocycles. The number of amides is 3. The molecule has 2 heterocycles. The SMILES string of the molecule is CC(C)OCCNC(=O)c1ccc(C2c3ccncc3CN2C(N)=O)cc1. The Balaban J connectivity index is 1.72. The van der Waals surface area contributed by atoms with E-state index in [1.807, 2.05) is 32.0 Å². The number of nitrogens with two attached hydrogens (primary N) is 1. The number of hydrogen-bond donors (Lipinski definition) is 2. The third-order valence-electron chi connectivity index (χ3n) is 4.50. The van der Waals surface area contributed by atoms with Crippen molar-refractivity contribution in [2.75, 3.05) is 13.2 Å². The molecule has 0 spiro atoms. The first kappa shape index (κ1) is 18.8. The van der Waals surface area contributed by atoms with Crippen LogP contribution in [0.3, 0.4) is 0 Å². The molecule has 3 rings (SSSR count). The minimum Gasteiger partial charge on any atom is -0.377 e. The zero-order valence-electron chi connectivity index (χ0n) is 15.5. The Morgan fingerprint density at radius 2 is 2.04 bits per heavy atom. The Morgan fingerprint density at radius 3 is 2.70 bits per heavy atom. The lowest BCUT2D eigenvalue weighted by atomic mass is 9.98. The number of carbonyl (C=O) groups is 2. The number of aromatic nitrogens is 1. The summed E-state index contributed by atoms with van der Waals surface area (Å²) in [6.45, 7) is 5.26. The van der Waals surface area contributed by atoms with E-state index in [9.17, 15) is 9.59 Å². The largest absolute Gasteiger partial charge is 0.377 e. The molecule has 1 aliphatic heterocycles. The van der Waals surface area contributed by atoms with E-state index < -0.39 is 6.03 Å². The van der Waals surface area contributed by atoms with E-state index in [1.54, 1.807) is 29.4 Å². The molecule has 0 aliphatic carbocycles. The van der Waals surface area contributed by atoms with E-state index in [2.05, 4.69) is 10.3 Å². The highest BCUT2D eigenvalue weighted by molar-refractivity contribution is 5.94. The average Bonchev–Trinajstić information content (AvgIpc) is 3.05. The Kier molecular flexibility index (Phi) is 5.71. The smallest absolute Gasteiger partial charge is 0.315 e. The normalized spacial score (nSPS) is 15.7. The molecule has 0 bridgehead atoms. The van der Waals surface area contributed by atoms with Gasteiger partial charge >= 0.3 is 6.03 Å². The minimum absolute atomic E-state index is 0.138. The molecule has 1 aromatic heterocycles. The van der Waals surface area contributed by atoms with Crippen molar-refractivity contribution in [3.8, 4) is 0 Å². The molecule has 3 N–H and O–H groups in total. The second-order valence-corrected chi connectivity index (χ2v) is 6.74. The van der Waals surface area contributed by atoms with Crippen LogP contribution in [0.15, 0.2) is 42.7 Å². The molecule has 1 unspecified atom stereocenters. The summed E-state index contributed by atoms with van der Waals surface area (Å²) in [5.41, 5.74) is 9.01. The Labute approximate surface area is 158 Å². The second kappa shape index (κ2) is 8.18. The molecule has 3 amide bonds. The van der Waals surface area contributed by atoms with Crippen LogP contribution in [-0.2, 0) is 11.3 Å². The maximum atomic E-state index is 12.2. The third-order valence-corrected chi connectivity index (χ3v) is 4.50. The van der Waals surface area contributed by atoms with Gasteiger partial charge in [-0.15, -0.1) is 0 Å². The molecule has 142 valence electrons. The van der Waals surface area contributed by atoms with Gasteiger partial charge in [0.15, 0.2) is 0 Å². The number of ether oxygens (including phenoxy) is 1. The number of pyridine rings is 1. The minimum atomic E-state index is -0.483. The van der Waals surface area contributed by atoms with Gasteiger partial charge in [0.2, 0.25) is 0 Å². The first-order valence-electron chi connectivity index (χ1n) is 8.96. The summed E-state index contributed by atoms with van der Waals surface area (Å²) >= 11 is 0. The predicted molar refractivity (Wildman–Crippen MR) is 101 cm³/mol. The number of benzene rings is 1. The molecule has 2 aromatic rings. The zero-order chi connectivity index (χ0) is 19.4. The van der Waals surface area contributed by atoms with Gasteiger partial charge in [-0.3, -0.25) is 9.78 Å². The van der Waals surface area contributed by atoms with Crippen molar-refractivity contribution in [2.24, 2.45) is 5.73 Å². The van der Waals surface area contributed by atoms with Crippen molar-refractivity contribution in [1.82, 2.24) is 15.2 Å². The molecule has 0 radical (unpaired) electrons. The monoisotopic (exact) mass is 368 g/mol. The van der Waals surface area contributed by atoms with Gasteiger partial charge in [0.25, 0.3) is 5.91 Å². The lowest BCUT2D eigenvalue weighted by Crippen LogP contribution is -2.34. The summed E-state index contributed by atoms with van der Waals surface area (Å²) in [4.78, 5) is 29.8. The van der Waals surface area contributed by atoms with Gasteiger partial charge in [0.1, 0.15) is 0 Å². The lowest BCUT2D eigenvalue weighted by molar-refractivity contribution is 0.0746. The van der Waals surface area contributed by atoms with E-state index >= 15 is 0 Å². The van der Waals surface area contributed by atoms with Gasteiger partial charge in [-0.05, 0) is 48.7 Å². The lowest BCUT2D eigenvalue weighted by Gasteiger charge is -2.24. The van der Waals surface area contributed by atoms with Crippen LogP contribution in [0, 0.1) is 0 Å². The molecule has 0 saturated heterocycles. The van der Waals surface area contributed by atoms with Crippen molar-refractivity contribution in [1.29, 1.82) is 0 Å². The van der Waals surface area contributed by atoms with Crippen molar-refractivity contribution < 1.29 is 14.3 Å². The highest BCUT2D eigenvalue weighted by Crippen LogP contribution is 2.37. The predicted octanol–water partition coefficient (Wildman–Crippen LogP) is 2.22. The fourth-order valence-electron chi connectivity index (χ4n) is 3.22. The fraction of sp³-hybridized carbons (Fsp3) is 0.350. The highest BCUT2D eigenvalue weighted by atomic mass is 16.5. The molecular weight excluding hydrogens is 344 g/mol. The van der Waals surface area contributed by atoms with Crippen LogP contribution in [0.5, 0.6) is 0 Å². The molecular formula is C20H24N4O3. The van der Waals surface area contributed by atoms with Gasteiger partial charge in [-0.2, -0.15) is 0 Å². The van der Waals surface area contributed by atoms with Crippen LogP contribution in [0.1, 0.15) is 46.9 Å². The summed E-state index contributed by atoms with van der Waals surface area (Å²) in [6.07, 6.45) is 3.60. The number of rotatable bonds is 6.